The minimum Gasteiger partial charge on any atom is -0.326 e. The third-order valence-corrected chi connectivity index (χ3v) is 5.00. The van der Waals surface area contributed by atoms with Gasteiger partial charge in [0.2, 0.25) is 0 Å². The Morgan fingerprint density at radius 1 is 1.50 bits per heavy atom. The SMILES string of the molecule is CC(C)c1nc(C2CSC2)sc1CN. The van der Waals surface area contributed by atoms with Crippen LogP contribution in [0.4, 0.5) is 0 Å². The highest BCUT2D eigenvalue weighted by Gasteiger charge is 2.25. The Labute approximate surface area is 93.3 Å². The molecule has 1 fully saturated rings. The standard InChI is InChI=1S/C10H16N2S2/c1-6(2)9-8(3-11)14-10(12-9)7-4-13-5-7/h6-7H,3-5,11H2,1-2H3. The van der Waals surface area contributed by atoms with E-state index in [1.165, 1.54) is 27.1 Å². The predicted octanol–water partition coefficient (Wildman–Crippen LogP) is 2.56. The first kappa shape index (κ1) is 10.5. The maximum atomic E-state index is 5.73. The van der Waals surface area contributed by atoms with Crippen molar-refractivity contribution in [3.05, 3.63) is 15.6 Å². The summed E-state index contributed by atoms with van der Waals surface area (Å²) < 4.78 is 0. The van der Waals surface area contributed by atoms with Gasteiger partial charge in [-0.15, -0.1) is 11.3 Å². The zero-order valence-electron chi connectivity index (χ0n) is 8.62. The Hall–Kier alpha value is -0.0600. The molecule has 1 saturated heterocycles. The average molecular weight is 228 g/mol. The molecule has 0 aromatic carbocycles. The van der Waals surface area contributed by atoms with Gasteiger partial charge in [-0.2, -0.15) is 11.8 Å². The van der Waals surface area contributed by atoms with E-state index >= 15 is 0 Å². The molecular formula is C10H16N2S2. The molecule has 0 bridgehead atoms. The lowest BCUT2D eigenvalue weighted by Crippen LogP contribution is -2.15. The molecule has 0 radical (unpaired) electrons. The van der Waals surface area contributed by atoms with Crippen molar-refractivity contribution in [2.24, 2.45) is 5.73 Å². The van der Waals surface area contributed by atoms with E-state index in [-0.39, 0.29) is 0 Å². The van der Waals surface area contributed by atoms with Gasteiger partial charge in [0.15, 0.2) is 0 Å². The van der Waals surface area contributed by atoms with E-state index in [1.807, 2.05) is 23.1 Å². The van der Waals surface area contributed by atoms with Crippen molar-refractivity contribution >= 4 is 23.1 Å². The number of aromatic nitrogens is 1. The van der Waals surface area contributed by atoms with Crippen molar-refractivity contribution in [2.45, 2.75) is 32.2 Å². The second-order valence-electron chi connectivity index (χ2n) is 3.95. The lowest BCUT2D eigenvalue weighted by molar-refractivity contribution is 0.777. The molecule has 2 nitrogen and oxygen atoms in total. The monoisotopic (exact) mass is 228 g/mol. The summed E-state index contributed by atoms with van der Waals surface area (Å²) in [5.74, 6) is 3.71. The van der Waals surface area contributed by atoms with Crippen molar-refractivity contribution in [1.82, 2.24) is 4.98 Å². The maximum Gasteiger partial charge on any atom is 0.0979 e. The summed E-state index contributed by atoms with van der Waals surface area (Å²) in [6, 6.07) is 0. The third-order valence-electron chi connectivity index (χ3n) is 2.46. The lowest BCUT2D eigenvalue weighted by atomic mass is 10.1. The van der Waals surface area contributed by atoms with E-state index in [0.717, 1.165) is 0 Å². The van der Waals surface area contributed by atoms with Crippen LogP contribution < -0.4 is 5.73 Å². The molecule has 1 aliphatic rings. The lowest BCUT2D eigenvalue weighted by Gasteiger charge is -2.22. The van der Waals surface area contributed by atoms with Crippen LogP contribution in [0.25, 0.3) is 0 Å². The minimum atomic E-state index is 0.506. The molecule has 0 unspecified atom stereocenters. The second kappa shape index (κ2) is 4.21. The van der Waals surface area contributed by atoms with E-state index in [0.29, 0.717) is 18.4 Å². The number of nitrogens with zero attached hydrogens (tertiary/aromatic N) is 1. The number of hydrogen-bond donors (Lipinski definition) is 1. The highest BCUT2D eigenvalue weighted by molar-refractivity contribution is 8.00. The highest BCUT2D eigenvalue weighted by Crippen LogP contribution is 2.38. The first-order valence-corrected chi connectivity index (χ1v) is 6.96. The van der Waals surface area contributed by atoms with Crippen molar-refractivity contribution in [1.29, 1.82) is 0 Å². The molecule has 0 amide bonds. The number of nitrogens with two attached hydrogens (primary N) is 1. The number of hydrogen-bond acceptors (Lipinski definition) is 4. The fourth-order valence-electron chi connectivity index (χ4n) is 1.53. The molecule has 4 heteroatoms. The summed E-state index contributed by atoms with van der Waals surface area (Å²) in [6.07, 6.45) is 0. The Morgan fingerprint density at radius 3 is 2.57 bits per heavy atom. The van der Waals surface area contributed by atoms with Crippen LogP contribution in [0.2, 0.25) is 0 Å². The first-order chi connectivity index (χ1) is 6.72. The predicted molar refractivity (Wildman–Crippen MR) is 64.2 cm³/mol. The molecule has 2 rings (SSSR count). The number of thiazole rings is 1. The van der Waals surface area contributed by atoms with Crippen LogP contribution in [0.15, 0.2) is 0 Å². The molecule has 2 heterocycles. The fourth-order valence-corrected chi connectivity index (χ4v) is 3.73. The van der Waals surface area contributed by atoms with Crippen LogP contribution in [0.3, 0.4) is 0 Å². The van der Waals surface area contributed by atoms with Crippen molar-refractivity contribution in [3.8, 4) is 0 Å². The normalized spacial score (nSPS) is 17.4. The highest BCUT2D eigenvalue weighted by atomic mass is 32.2. The Bertz CT molecular complexity index is 316. The van der Waals surface area contributed by atoms with E-state index in [1.54, 1.807) is 0 Å². The van der Waals surface area contributed by atoms with Gasteiger partial charge in [-0.05, 0) is 5.92 Å². The summed E-state index contributed by atoms with van der Waals surface area (Å²) in [5, 5.41) is 1.31. The zero-order chi connectivity index (χ0) is 10.1. The fraction of sp³-hybridized carbons (Fsp3) is 0.700. The molecule has 0 atom stereocenters. The third kappa shape index (κ3) is 1.83. The molecule has 1 aromatic rings. The minimum absolute atomic E-state index is 0.506. The molecule has 0 aliphatic carbocycles. The van der Waals surface area contributed by atoms with Crippen LogP contribution in [0, 0.1) is 0 Å². The molecule has 14 heavy (non-hydrogen) atoms. The Balaban J connectivity index is 2.25. The van der Waals surface area contributed by atoms with Gasteiger partial charge in [-0.25, -0.2) is 4.98 Å². The van der Waals surface area contributed by atoms with Gasteiger partial charge >= 0.3 is 0 Å². The summed E-state index contributed by atoms with van der Waals surface area (Å²) in [6.45, 7) is 5.02. The molecular weight excluding hydrogens is 212 g/mol. The number of thioether (sulfide) groups is 1. The van der Waals surface area contributed by atoms with E-state index in [2.05, 4.69) is 13.8 Å². The van der Waals surface area contributed by atoms with Crippen LogP contribution in [0.5, 0.6) is 0 Å². The van der Waals surface area contributed by atoms with Gasteiger partial charge < -0.3 is 5.73 Å². The average Bonchev–Trinajstić information content (AvgIpc) is 2.45. The molecule has 2 N–H and O–H groups in total. The van der Waals surface area contributed by atoms with Crippen LogP contribution in [-0.2, 0) is 6.54 Å². The largest absolute Gasteiger partial charge is 0.326 e. The number of rotatable bonds is 3. The van der Waals surface area contributed by atoms with Crippen LogP contribution >= 0.6 is 23.1 Å². The zero-order valence-corrected chi connectivity index (χ0v) is 10.3. The molecule has 0 saturated carbocycles. The second-order valence-corrected chi connectivity index (χ2v) is 6.14. The van der Waals surface area contributed by atoms with Crippen molar-refractivity contribution in [2.75, 3.05) is 11.5 Å². The van der Waals surface area contributed by atoms with Crippen LogP contribution in [-0.4, -0.2) is 16.5 Å². The van der Waals surface area contributed by atoms with E-state index in [4.69, 9.17) is 10.7 Å². The Morgan fingerprint density at radius 2 is 2.21 bits per heavy atom. The van der Waals surface area contributed by atoms with Crippen LogP contribution in [0.1, 0.15) is 41.3 Å². The molecule has 0 spiro atoms. The van der Waals surface area contributed by atoms with E-state index in [9.17, 15) is 0 Å². The molecule has 1 aliphatic heterocycles. The molecule has 1 aromatic heterocycles. The van der Waals surface area contributed by atoms with Crippen molar-refractivity contribution < 1.29 is 0 Å². The van der Waals surface area contributed by atoms with Gasteiger partial charge in [0.25, 0.3) is 0 Å². The summed E-state index contributed by atoms with van der Waals surface area (Å²) in [7, 11) is 0. The van der Waals surface area contributed by atoms with Gasteiger partial charge in [0.1, 0.15) is 0 Å². The first-order valence-electron chi connectivity index (χ1n) is 4.99. The van der Waals surface area contributed by atoms with Crippen molar-refractivity contribution in [3.63, 3.8) is 0 Å². The Kier molecular flexibility index (Phi) is 3.14. The quantitative estimate of drug-likeness (QED) is 0.864. The topological polar surface area (TPSA) is 38.9 Å². The van der Waals surface area contributed by atoms with Gasteiger partial charge in [-0.3, -0.25) is 0 Å². The van der Waals surface area contributed by atoms with Gasteiger partial charge in [0.05, 0.1) is 10.7 Å². The maximum absolute atomic E-state index is 5.73. The summed E-state index contributed by atoms with van der Waals surface area (Å²) >= 11 is 3.83. The smallest absolute Gasteiger partial charge is 0.0979 e. The summed E-state index contributed by atoms with van der Waals surface area (Å²) in [4.78, 5) is 6.01. The van der Waals surface area contributed by atoms with Gasteiger partial charge in [0, 0.05) is 28.8 Å². The van der Waals surface area contributed by atoms with E-state index < -0.39 is 0 Å². The molecule has 78 valence electrons. The van der Waals surface area contributed by atoms with Gasteiger partial charge in [-0.1, -0.05) is 13.8 Å². The summed E-state index contributed by atoms with van der Waals surface area (Å²) in [5.41, 5.74) is 6.95.